The molecular weight excluding hydrogens is 252 g/mol. The van der Waals surface area contributed by atoms with Gasteiger partial charge < -0.3 is 15.8 Å². The van der Waals surface area contributed by atoms with Crippen molar-refractivity contribution in [3.63, 3.8) is 0 Å². The van der Waals surface area contributed by atoms with E-state index < -0.39 is 0 Å². The first-order valence-electron chi connectivity index (χ1n) is 8.21. The van der Waals surface area contributed by atoms with Crippen LogP contribution in [0.3, 0.4) is 0 Å². The van der Waals surface area contributed by atoms with E-state index in [0.29, 0.717) is 12.8 Å². The molecule has 0 heterocycles. The number of aldehydes is 1. The van der Waals surface area contributed by atoms with Crippen LogP contribution >= 0.6 is 0 Å². The Hall–Kier alpha value is -0.900. The van der Waals surface area contributed by atoms with Gasteiger partial charge in [-0.3, -0.25) is 4.79 Å². The highest BCUT2D eigenvalue weighted by molar-refractivity contribution is 5.75. The zero-order chi connectivity index (χ0) is 14.9. The third-order valence-electron chi connectivity index (χ3n) is 3.43. The Morgan fingerprint density at radius 1 is 0.850 bits per heavy atom. The standard InChI is InChI=1S/C16H32N2O2/c17-13-9-5-3-1-2-4-6-10-14-18-16(20)12-8-7-11-15-19/h15H,1-14,17H2,(H,18,20). The molecule has 0 rings (SSSR count). The Morgan fingerprint density at radius 3 is 2.05 bits per heavy atom. The molecule has 0 saturated carbocycles. The summed E-state index contributed by atoms with van der Waals surface area (Å²) in [5.74, 6) is 0.123. The third-order valence-corrected chi connectivity index (χ3v) is 3.43. The zero-order valence-electron chi connectivity index (χ0n) is 12.9. The summed E-state index contributed by atoms with van der Waals surface area (Å²) in [6.45, 7) is 1.61. The van der Waals surface area contributed by atoms with Crippen molar-refractivity contribution in [3.8, 4) is 0 Å². The van der Waals surface area contributed by atoms with Gasteiger partial charge in [-0.2, -0.15) is 0 Å². The van der Waals surface area contributed by atoms with E-state index in [2.05, 4.69) is 5.32 Å². The first kappa shape index (κ1) is 19.1. The molecule has 0 atom stereocenters. The molecule has 3 N–H and O–H groups in total. The lowest BCUT2D eigenvalue weighted by Crippen LogP contribution is -2.23. The molecule has 0 unspecified atom stereocenters. The monoisotopic (exact) mass is 284 g/mol. The van der Waals surface area contributed by atoms with E-state index in [4.69, 9.17) is 5.73 Å². The van der Waals surface area contributed by atoms with Crippen LogP contribution < -0.4 is 11.1 Å². The SMILES string of the molecule is NCCCCCCCCCCNC(=O)CCCCC=O. The first-order valence-corrected chi connectivity index (χ1v) is 8.21. The summed E-state index contributed by atoms with van der Waals surface area (Å²) in [5.41, 5.74) is 5.44. The highest BCUT2D eigenvalue weighted by atomic mass is 16.1. The van der Waals surface area contributed by atoms with Crippen molar-refractivity contribution >= 4 is 12.2 Å². The maximum Gasteiger partial charge on any atom is 0.219 e. The number of hydrogen-bond donors (Lipinski definition) is 2. The lowest BCUT2D eigenvalue weighted by atomic mass is 10.1. The smallest absolute Gasteiger partial charge is 0.219 e. The summed E-state index contributed by atoms with van der Waals surface area (Å²) in [6, 6.07) is 0. The van der Waals surface area contributed by atoms with Crippen LogP contribution in [0.2, 0.25) is 0 Å². The predicted molar refractivity (Wildman–Crippen MR) is 83.5 cm³/mol. The van der Waals surface area contributed by atoms with E-state index in [0.717, 1.165) is 45.1 Å². The maximum atomic E-state index is 11.4. The second-order valence-corrected chi connectivity index (χ2v) is 5.38. The van der Waals surface area contributed by atoms with Crippen LogP contribution in [0.15, 0.2) is 0 Å². The largest absolute Gasteiger partial charge is 0.356 e. The Labute approximate surface area is 123 Å². The van der Waals surface area contributed by atoms with E-state index in [9.17, 15) is 9.59 Å². The van der Waals surface area contributed by atoms with Crippen molar-refractivity contribution in [3.05, 3.63) is 0 Å². The number of nitrogens with one attached hydrogen (secondary N) is 1. The molecule has 0 aliphatic heterocycles. The van der Waals surface area contributed by atoms with Crippen LogP contribution in [0.4, 0.5) is 0 Å². The van der Waals surface area contributed by atoms with Crippen molar-refractivity contribution in [2.24, 2.45) is 5.73 Å². The number of unbranched alkanes of at least 4 members (excludes halogenated alkanes) is 9. The van der Waals surface area contributed by atoms with Crippen molar-refractivity contribution in [1.82, 2.24) is 5.32 Å². The second-order valence-electron chi connectivity index (χ2n) is 5.38. The lowest BCUT2D eigenvalue weighted by Gasteiger charge is -2.05. The molecule has 118 valence electrons. The van der Waals surface area contributed by atoms with Crippen LogP contribution in [-0.2, 0) is 9.59 Å². The fourth-order valence-electron chi connectivity index (χ4n) is 2.16. The average Bonchev–Trinajstić information content (AvgIpc) is 2.45. The molecule has 0 fully saturated rings. The average molecular weight is 284 g/mol. The molecule has 0 aromatic heterocycles. The van der Waals surface area contributed by atoms with Crippen molar-refractivity contribution in [2.45, 2.75) is 77.0 Å². The van der Waals surface area contributed by atoms with Crippen LogP contribution in [0, 0.1) is 0 Å². The Bertz CT molecular complexity index is 233. The van der Waals surface area contributed by atoms with Gasteiger partial charge >= 0.3 is 0 Å². The molecule has 20 heavy (non-hydrogen) atoms. The van der Waals surface area contributed by atoms with Crippen LogP contribution in [0.5, 0.6) is 0 Å². The van der Waals surface area contributed by atoms with Gasteiger partial charge in [0, 0.05) is 19.4 Å². The summed E-state index contributed by atoms with van der Waals surface area (Å²) in [5, 5.41) is 2.94. The molecule has 4 nitrogen and oxygen atoms in total. The molecule has 0 aromatic rings. The fraction of sp³-hybridized carbons (Fsp3) is 0.875. The van der Waals surface area contributed by atoms with Gasteiger partial charge in [-0.05, 0) is 32.2 Å². The van der Waals surface area contributed by atoms with Crippen LogP contribution in [-0.4, -0.2) is 25.3 Å². The molecule has 0 bridgehead atoms. The molecule has 0 radical (unpaired) electrons. The van der Waals surface area contributed by atoms with Gasteiger partial charge in [-0.1, -0.05) is 38.5 Å². The number of carbonyl (C=O) groups is 2. The number of rotatable bonds is 15. The van der Waals surface area contributed by atoms with E-state index in [1.54, 1.807) is 0 Å². The van der Waals surface area contributed by atoms with E-state index in [-0.39, 0.29) is 5.91 Å². The molecule has 1 amide bonds. The Balaban J connectivity index is 3.11. The van der Waals surface area contributed by atoms with Gasteiger partial charge in [-0.25, -0.2) is 0 Å². The van der Waals surface area contributed by atoms with Gasteiger partial charge in [0.15, 0.2) is 0 Å². The minimum Gasteiger partial charge on any atom is -0.356 e. The summed E-state index contributed by atoms with van der Waals surface area (Å²) in [6.07, 6.45) is 13.5. The number of carbonyl (C=O) groups excluding carboxylic acids is 2. The summed E-state index contributed by atoms with van der Waals surface area (Å²) < 4.78 is 0. The Morgan fingerprint density at radius 2 is 1.45 bits per heavy atom. The second kappa shape index (κ2) is 16.2. The number of amides is 1. The quantitative estimate of drug-likeness (QED) is 0.359. The van der Waals surface area contributed by atoms with Gasteiger partial charge in [0.1, 0.15) is 6.29 Å². The van der Waals surface area contributed by atoms with Crippen molar-refractivity contribution in [1.29, 1.82) is 0 Å². The van der Waals surface area contributed by atoms with Crippen LogP contribution in [0.25, 0.3) is 0 Å². The fourth-order valence-corrected chi connectivity index (χ4v) is 2.16. The molecule has 0 saturated heterocycles. The van der Waals surface area contributed by atoms with Gasteiger partial charge in [0.05, 0.1) is 0 Å². The molecule has 4 heteroatoms. The molecule has 0 aromatic carbocycles. The summed E-state index contributed by atoms with van der Waals surface area (Å²) in [4.78, 5) is 21.5. The van der Waals surface area contributed by atoms with E-state index >= 15 is 0 Å². The molecule has 0 spiro atoms. The molecule has 0 aliphatic rings. The topological polar surface area (TPSA) is 72.2 Å². The van der Waals surface area contributed by atoms with Crippen molar-refractivity contribution in [2.75, 3.05) is 13.1 Å². The number of nitrogens with two attached hydrogens (primary N) is 1. The van der Waals surface area contributed by atoms with Crippen LogP contribution in [0.1, 0.15) is 77.0 Å². The van der Waals surface area contributed by atoms with Gasteiger partial charge in [-0.15, -0.1) is 0 Å². The summed E-state index contributed by atoms with van der Waals surface area (Å²) in [7, 11) is 0. The highest BCUT2D eigenvalue weighted by Gasteiger charge is 1.99. The Kier molecular flexibility index (Phi) is 15.4. The maximum absolute atomic E-state index is 11.4. The van der Waals surface area contributed by atoms with Gasteiger partial charge in [0.25, 0.3) is 0 Å². The van der Waals surface area contributed by atoms with E-state index in [1.165, 1.54) is 38.5 Å². The minimum absolute atomic E-state index is 0.123. The molecule has 0 aliphatic carbocycles. The van der Waals surface area contributed by atoms with E-state index in [1.807, 2.05) is 0 Å². The predicted octanol–water partition coefficient (Wildman–Crippen LogP) is 2.94. The minimum atomic E-state index is 0.123. The highest BCUT2D eigenvalue weighted by Crippen LogP contribution is 2.07. The van der Waals surface area contributed by atoms with Crippen molar-refractivity contribution < 1.29 is 9.59 Å². The lowest BCUT2D eigenvalue weighted by molar-refractivity contribution is -0.121. The summed E-state index contributed by atoms with van der Waals surface area (Å²) >= 11 is 0. The third kappa shape index (κ3) is 15.2. The normalized spacial score (nSPS) is 10.4. The zero-order valence-corrected chi connectivity index (χ0v) is 12.9. The first-order chi connectivity index (χ1) is 9.81. The van der Waals surface area contributed by atoms with Gasteiger partial charge in [0.2, 0.25) is 5.91 Å². The number of hydrogen-bond acceptors (Lipinski definition) is 3. The molecular formula is C16H32N2O2.